The number of Topliss-reactive ketones (excluding diaryl/α,β-unsaturated/α-hetero) is 2. The molecule has 12 nitrogen and oxygen atoms in total. The number of aryl methyl sites for hydroxylation is 1. The molecule has 0 spiro atoms. The number of thioether (sulfide) groups is 2. The van der Waals surface area contributed by atoms with Gasteiger partial charge in [-0.2, -0.15) is 36.2 Å². The molecule has 2 amide bonds. The third-order valence-electron chi connectivity index (χ3n) is 10.6. The van der Waals surface area contributed by atoms with Gasteiger partial charge in [0, 0.05) is 59.3 Å². The third kappa shape index (κ3) is 9.94. The molecule has 3 aromatic rings. The van der Waals surface area contributed by atoms with Crippen molar-refractivity contribution in [3.8, 4) is 11.4 Å². The Morgan fingerprint density at radius 1 is 1.00 bits per heavy atom. The third-order valence-corrected chi connectivity index (χ3v) is 13.1. The van der Waals surface area contributed by atoms with Gasteiger partial charge in [-0.25, -0.2) is 14.2 Å². The van der Waals surface area contributed by atoms with E-state index in [1.165, 1.54) is 6.07 Å². The molecule has 2 aliphatic rings. The molecule has 0 radical (unpaired) electrons. The van der Waals surface area contributed by atoms with Crippen molar-refractivity contribution in [3.05, 3.63) is 62.2 Å². The Morgan fingerprint density at radius 2 is 1.72 bits per heavy atom. The first-order valence-corrected chi connectivity index (χ1v) is 22.3. The summed E-state index contributed by atoms with van der Waals surface area (Å²) in [5.74, 6) is 0.570. The predicted octanol–water partition coefficient (Wildman–Crippen LogP) is 5.16. The normalized spacial score (nSPS) is 17.2. The first-order chi connectivity index (χ1) is 27.1. The average Bonchev–Trinajstić information content (AvgIpc) is 3.55. The molecule has 5 rings (SSSR count). The molecule has 16 heteroatoms. The standard InChI is InChI=1S/C41H51FN4O8S3/c1-6-41(53)30-17-33-37-27(19-46(33)39(51)28(30)20-54-40(41)52)29(26-15-22(2)31(42)18-32(26)45-37)21-57-13-8-12-56-14-10-34(47)24(4)44-38(50)23(3)16-35(48)25(5)43-36(49)9-7-11-55/h15,17-18,23-25,53,55H,6-14,16,19-21H2,1-5H3,(H,43,49)(H,44,50)/t23-,24-,25-,41?/m0/s1. The molecule has 308 valence electrons. The summed E-state index contributed by atoms with van der Waals surface area (Å²) in [5.41, 5.74) is 1.92. The summed E-state index contributed by atoms with van der Waals surface area (Å²) >= 11 is 7.45. The monoisotopic (exact) mass is 842 g/mol. The molecule has 0 saturated carbocycles. The highest BCUT2D eigenvalue weighted by Gasteiger charge is 2.45. The van der Waals surface area contributed by atoms with E-state index < -0.39 is 29.6 Å². The molecule has 4 heterocycles. The lowest BCUT2D eigenvalue weighted by Crippen LogP contribution is -2.44. The van der Waals surface area contributed by atoms with Crippen LogP contribution in [0, 0.1) is 18.7 Å². The number of benzene rings is 1. The zero-order valence-electron chi connectivity index (χ0n) is 33.0. The summed E-state index contributed by atoms with van der Waals surface area (Å²) < 4.78 is 21.6. The van der Waals surface area contributed by atoms with E-state index in [-0.39, 0.29) is 84.7 Å². The van der Waals surface area contributed by atoms with E-state index >= 15 is 0 Å². The van der Waals surface area contributed by atoms with Crippen LogP contribution < -0.4 is 16.2 Å². The van der Waals surface area contributed by atoms with Gasteiger partial charge in [0.2, 0.25) is 11.8 Å². The van der Waals surface area contributed by atoms with E-state index in [2.05, 4.69) is 23.3 Å². The molecule has 0 aliphatic carbocycles. The van der Waals surface area contributed by atoms with Crippen LogP contribution in [0.4, 0.5) is 4.39 Å². The second-order valence-corrected chi connectivity index (χ2v) is 17.6. The number of aliphatic hydroxyl groups is 1. The zero-order chi connectivity index (χ0) is 41.6. The van der Waals surface area contributed by atoms with Crippen molar-refractivity contribution in [2.24, 2.45) is 5.92 Å². The number of aromatic nitrogens is 2. The number of cyclic esters (lactones) is 1. The molecule has 0 bridgehead atoms. The number of amides is 2. The molecule has 2 aromatic heterocycles. The van der Waals surface area contributed by atoms with E-state index in [1.54, 1.807) is 74.8 Å². The SMILES string of the molecule is CCC1(O)C(=O)OCc2c1cc1n(c2=O)Cc2c-1nc1cc(F)c(C)cc1c2CSCCCSCCC(=O)[C@H](C)NC(=O)[C@@H](C)CC(=O)[C@H](C)NC(=O)CCCS. The van der Waals surface area contributed by atoms with Crippen molar-refractivity contribution in [2.75, 3.05) is 23.0 Å². The number of nitrogens with one attached hydrogen (secondary N) is 2. The number of hydrogen-bond donors (Lipinski definition) is 4. The fourth-order valence-electron chi connectivity index (χ4n) is 7.03. The lowest BCUT2D eigenvalue weighted by Gasteiger charge is -2.31. The van der Waals surface area contributed by atoms with Crippen LogP contribution in [-0.2, 0) is 53.2 Å². The average molecular weight is 843 g/mol. The summed E-state index contributed by atoms with van der Waals surface area (Å²) in [6, 6.07) is 3.45. The fraction of sp³-hybridized carbons (Fsp3) is 0.537. The predicted molar refractivity (Wildman–Crippen MR) is 224 cm³/mol. The van der Waals surface area contributed by atoms with E-state index in [4.69, 9.17) is 9.72 Å². The summed E-state index contributed by atoms with van der Waals surface area (Å²) in [4.78, 5) is 81.1. The lowest BCUT2D eigenvalue weighted by atomic mass is 9.86. The van der Waals surface area contributed by atoms with Gasteiger partial charge in [-0.15, -0.1) is 0 Å². The van der Waals surface area contributed by atoms with Crippen LogP contribution in [-0.4, -0.2) is 79.1 Å². The molecule has 4 atom stereocenters. The van der Waals surface area contributed by atoms with Gasteiger partial charge in [0.15, 0.2) is 17.2 Å². The Hall–Kier alpha value is -3.73. The number of pyridine rings is 2. The number of carbonyl (C=O) groups is 5. The number of hydrogen-bond acceptors (Lipinski definition) is 12. The van der Waals surface area contributed by atoms with Crippen molar-refractivity contribution >= 4 is 76.4 Å². The van der Waals surface area contributed by atoms with Crippen LogP contribution >= 0.6 is 36.2 Å². The van der Waals surface area contributed by atoms with Gasteiger partial charge in [-0.3, -0.25) is 24.0 Å². The summed E-state index contributed by atoms with van der Waals surface area (Å²) in [6.45, 7) is 8.24. The maximum Gasteiger partial charge on any atom is 0.343 e. The van der Waals surface area contributed by atoms with E-state index in [0.717, 1.165) is 34.4 Å². The number of fused-ring (bicyclic) bond motifs is 5. The first kappa shape index (κ1) is 44.4. The molecule has 0 fully saturated rings. The molecule has 0 saturated heterocycles. The van der Waals surface area contributed by atoms with Gasteiger partial charge in [0.1, 0.15) is 12.4 Å². The number of ketones is 2. The Kier molecular flexibility index (Phi) is 15.1. The highest BCUT2D eigenvalue weighted by Crippen LogP contribution is 2.41. The number of thiol groups is 1. The van der Waals surface area contributed by atoms with Crippen LogP contribution in [0.25, 0.3) is 22.3 Å². The largest absolute Gasteiger partial charge is 0.458 e. The van der Waals surface area contributed by atoms with Gasteiger partial charge >= 0.3 is 5.97 Å². The summed E-state index contributed by atoms with van der Waals surface area (Å²) in [6.07, 6.45) is 2.02. The molecule has 3 N–H and O–H groups in total. The lowest BCUT2D eigenvalue weighted by molar-refractivity contribution is -0.172. The van der Waals surface area contributed by atoms with Gasteiger partial charge in [-0.05, 0) is 80.6 Å². The van der Waals surface area contributed by atoms with E-state index in [1.807, 2.05) is 0 Å². The summed E-state index contributed by atoms with van der Waals surface area (Å²) in [7, 11) is 0. The van der Waals surface area contributed by atoms with Crippen LogP contribution in [0.2, 0.25) is 0 Å². The maximum atomic E-state index is 14.8. The van der Waals surface area contributed by atoms with Crippen LogP contribution in [0.1, 0.15) is 94.0 Å². The van der Waals surface area contributed by atoms with Gasteiger partial charge in [0.25, 0.3) is 5.56 Å². The fourth-order valence-corrected chi connectivity index (χ4v) is 9.29. The summed E-state index contributed by atoms with van der Waals surface area (Å²) in [5, 5.41) is 17.4. The second-order valence-electron chi connectivity index (χ2n) is 14.8. The first-order valence-electron chi connectivity index (χ1n) is 19.3. The number of halogens is 1. The quantitative estimate of drug-likeness (QED) is 0.0526. The van der Waals surface area contributed by atoms with Gasteiger partial charge < -0.3 is 25.0 Å². The molecular formula is C41H51FN4O8S3. The highest BCUT2D eigenvalue weighted by molar-refractivity contribution is 7.99. The Morgan fingerprint density at radius 3 is 2.44 bits per heavy atom. The van der Waals surface area contributed by atoms with Crippen LogP contribution in [0.15, 0.2) is 23.0 Å². The van der Waals surface area contributed by atoms with Crippen molar-refractivity contribution in [1.29, 1.82) is 0 Å². The molecular weight excluding hydrogens is 792 g/mol. The van der Waals surface area contributed by atoms with Gasteiger partial charge in [0.05, 0.1) is 41.1 Å². The second kappa shape index (κ2) is 19.3. The molecule has 57 heavy (non-hydrogen) atoms. The maximum absolute atomic E-state index is 14.8. The van der Waals surface area contributed by atoms with Crippen LogP contribution in [0.3, 0.4) is 0 Å². The van der Waals surface area contributed by atoms with Crippen LogP contribution in [0.5, 0.6) is 0 Å². The number of rotatable bonds is 20. The minimum absolute atomic E-state index is 0.0313. The van der Waals surface area contributed by atoms with E-state index in [9.17, 15) is 38.3 Å². The molecule has 1 unspecified atom stereocenters. The minimum Gasteiger partial charge on any atom is -0.458 e. The van der Waals surface area contributed by atoms with Crippen molar-refractivity contribution in [2.45, 2.75) is 110 Å². The van der Waals surface area contributed by atoms with Gasteiger partial charge in [-0.1, -0.05) is 13.8 Å². The smallest absolute Gasteiger partial charge is 0.343 e. The van der Waals surface area contributed by atoms with Crippen molar-refractivity contribution in [1.82, 2.24) is 20.2 Å². The Bertz CT molecular complexity index is 2130. The zero-order valence-corrected chi connectivity index (χ0v) is 35.5. The van der Waals surface area contributed by atoms with Crippen molar-refractivity contribution in [3.63, 3.8) is 0 Å². The molecule has 2 aliphatic heterocycles. The number of carbonyl (C=O) groups excluding carboxylic acids is 5. The Balaban J connectivity index is 1.12. The minimum atomic E-state index is -1.95. The topological polar surface area (TPSA) is 174 Å². The Labute approximate surface area is 345 Å². The number of esters is 1. The highest BCUT2D eigenvalue weighted by atomic mass is 32.2. The van der Waals surface area contributed by atoms with E-state index in [0.29, 0.717) is 46.1 Å². The molecule has 1 aromatic carbocycles. The number of ether oxygens (including phenoxy) is 1. The van der Waals surface area contributed by atoms with Crippen molar-refractivity contribution < 1.29 is 38.2 Å². The number of nitrogens with zero attached hydrogens (tertiary/aromatic N) is 2.